The lowest BCUT2D eigenvalue weighted by Gasteiger charge is -2.03. The van der Waals surface area contributed by atoms with Crippen LogP contribution in [0.1, 0.15) is 10.4 Å². The van der Waals surface area contributed by atoms with Crippen molar-refractivity contribution in [3.8, 4) is 11.4 Å². The van der Waals surface area contributed by atoms with Crippen molar-refractivity contribution in [1.82, 2.24) is 29.9 Å². The van der Waals surface area contributed by atoms with Gasteiger partial charge in [0.15, 0.2) is 10.8 Å². The van der Waals surface area contributed by atoms with E-state index in [2.05, 4.69) is 25.5 Å². The van der Waals surface area contributed by atoms with E-state index in [1.54, 1.807) is 11.6 Å². The number of nitrogens with zero attached hydrogens (tertiary/aromatic N) is 4. The number of nitrogens with one attached hydrogen (secondary N) is 2. The largest absolute Gasteiger partial charge is 0.351 e. The molecule has 0 fully saturated rings. The molecule has 4 rings (SSSR count). The lowest BCUT2D eigenvalue weighted by atomic mass is 10.2. The monoisotopic (exact) mass is 398 g/mol. The van der Waals surface area contributed by atoms with Gasteiger partial charge in [-0.3, -0.25) is 19.1 Å². The molecule has 0 radical (unpaired) electrons. The van der Waals surface area contributed by atoms with Crippen LogP contribution in [-0.2, 0) is 0 Å². The van der Waals surface area contributed by atoms with Gasteiger partial charge < -0.3 is 5.32 Å². The second-order valence-electron chi connectivity index (χ2n) is 5.47. The SMILES string of the molecule is O=C(NCCSc1n[nH]c(-c2ccccc2)n1)c1cnc2sccn2c1=O. The van der Waals surface area contributed by atoms with Gasteiger partial charge in [0.25, 0.3) is 11.5 Å². The highest BCUT2D eigenvalue weighted by Gasteiger charge is 2.13. The van der Waals surface area contributed by atoms with E-state index in [1.165, 1.54) is 33.7 Å². The summed E-state index contributed by atoms with van der Waals surface area (Å²) in [5.74, 6) is 0.840. The van der Waals surface area contributed by atoms with Gasteiger partial charge in [0.1, 0.15) is 5.56 Å². The minimum absolute atomic E-state index is 0.0279. The lowest BCUT2D eigenvalue weighted by molar-refractivity contribution is 0.0954. The van der Waals surface area contributed by atoms with Crippen LogP contribution in [0.15, 0.2) is 58.1 Å². The average Bonchev–Trinajstić information content (AvgIpc) is 3.36. The van der Waals surface area contributed by atoms with Crippen LogP contribution in [0, 0.1) is 0 Å². The number of benzene rings is 1. The molecule has 136 valence electrons. The summed E-state index contributed by atoms with van der Waals surface area (Å²) in [6.07, 6.45) is 2.92. The molecule has 0 unspecified atom stereocenters. The smallest absolute Gasteiger partial charge is 0.271 e. The number of rotatable bonds is 6. The molecule has 27 heavy (non-hydrogen) atoms. The van der Waals surface area contributed by atoms with Gasteiger partial charge in [-0.2, -0.15) is 0 Å². The van der Waals surface area contributed by atoms with E-state index in [-0.39, 0.29) is 11.1 Å². The molecule has 0 aliphatic rings. The molecule has 2 N–H and O–H groups in total. The quantitative estimate of drug-likeness (QED) is 0.380. The fourth-order valence-corrected chi connectivity index (χ4v) is 3.75. The van der Waals surface area contributed by atoms with E-state index >= 15 is 0 Å². The summed E-state index contributed by atoms with van der Waals surface area (Å²) in [6.45, 7) is 0.379. The molecule has 3 aromatic heterocycles. The third-order valence-corrected chi connectivity index (χ3v) is 5.34. The van der Waals surface area contributed by atoms with Crippen LogP contribution in [0.25, 0.3) is 16.3 Å². The zero-order valence-electron chi connectivity index (χ0n) is 14.0. The summed E-state index contributed by atoms with van der Waals surface area (Å²) in [5.41, 5.74) is 0.620. The van der Waals surface area contributed by atoms with Gasteiger partial charge in [0.05, 0.1) is 0 Å². The Morgan fingerprint density at radius 2 is 2.15 bits per heavy atom. The Hall–Kier alpha value is -2.98. The van der Waals surface area contributed by atoms with Crippen molar-refractivity contribution < 1.29 is 4.79 Å². The molecular weight excluding hydrogens is 384 g/mol. The van der Waals surface area contributed by atoms with Crippen LogP contribution in [0.5, 0.6) is 0 Å². The zero-order valence-corrected chi connectivity index (χ0v) is 15.6. The summed E-state index contributed by atoms with van der Waals surface area (Å²) >= 11 is 2.76. The molecule has 0 spiro atoms. The van der Waals surface area contributed by atoms with E-state index in [0.717, 1.165) is 5.56 Å². The molecule has 8 nitrogen and oxygen atoms in total. The Morgan fingerprint density at radius 1 is 1.30 bits per heavy atom. The summed E-state index contributed by atoms with van der Waals surface area (Å²) in [7, 11) is 0. The number of carbonyl (C=O) groups is 1. The number of H-pyrrole nitrogens is 1. The number of aromatic nitrogens is 5. The molecule has 1 aromatic carbocycles. The first-order valence-electron chi connectivity index (χ1n) is 8.06. The van der Waals surface area contributed by atoms with Crippen LogP contribution >= 0.6 is 23.1 Å². The van der Waals surface area contributed by atoms with Crippen LogP contribution in [0.3, 0.4) is 0 Å². The summed E-state index contributed by atoms with van der Waals surface area (Å²) < 4.78 is 1.37. The fourth-order valence-electron chi connectivity index (χ4n) is 2.42. The van der Waals surface area contributed by atoms with Crippen molar-refractivity contribution in [3.63, 3.8) is 0 Å². The number of hydrogen-bond acceptors (Lipinski definition) is 7. The van der Waals surface area contributed by atoms with Crippen molar-refractivity contribution >= 4 is 34.0 Å². The van der Waals surface area contributed by atoms with E-state index in [0.29, 0.717) is 28.2 Å². The Bertz CT molecular complexity index is 1140. The number of amides is 1. The molecular formula is C17H14N6O2S2. The van der Waals surface area contributed by atoms with Crippen LogP contribution in [0.2, 0.25) is 0 Å². The zero-order chi connectivity index (χ0) is 18.6. The van der Waals surface area contributed by atoms with E-state index in [4.69, 9.17) is 0 Å². The maximum absolute atomic E-state index is 12.3. The predicted octanol–water partition coefficient (Wildman–Crippen LogP) is 2.06. The van der Waals surface area contributed by atoms with E-state index in [9.17, 15) is 9.59 Å². The van der Waals surface area contributed by atoms with Crippen molar-refractivity contribution in [3.05, 3.63) is 64.0 Å². The van der Waals surface area contributed by atoms with Gasteiger partial charge in [0, 0.05) is 35.6 Å². The normalized spacial score (nSPS) is 11.0. The van der Waals surface area contributed by atoms with Crippen molar-refractivity contribution in [2.75, 3.05) is 12.3 Å². The number of hydrogen-bond donors (Lipinski definition) is 2. The third kappa shape index (κ3) is 3.76. The standard InChI is InChI=1S/C17H14N6O2S2/c24-14(12-10-19-17-23(15(12)25)7-9-27-17)18-6-8-26-16-20-13(21-22-16)11-4-2-1-3-5-11/h1-5,7,9-10H,6,8H2,(H,18,24)(H,20,21,22). The first-order valence-corrected chi connectivity index (χ1v) is 9.92. The molecule has 3 heterocycles. The maximum Gasteiger partial charge on any atom is 0.271 e. The molecule has 0 bridgehead atoms. The number of thioether (sulfide) groups is 1. The molecule has 0 atom stereocenters. The summed E-state index contributed by atoms with van der Waals surface area (Å²) in [5, 5.41) is 12.1. The number of aromatic amines is 1. The second-order valence-corrected chi connectivity index (χ2v) is 7.40. The highest BCUT2D eigenvalue weighted by atomic mass is 32.2. The van der Waals surface area contributed by atoms with Crippen molar-refractivity contribution in [1.29, 1.82) is 0 Å². The van der Waals surface area contributed by atoms with E-state index in [1.807, 2.05) is 30.3 Å². The second kappa shape index (κ2) is 7.72. The summed E-state index contributed by atoms with van der Waals surface area (Å²) in [6, 6.07) is 9.71. The van der Waals surface area contributed by atoms with Crippen molar-refractivity contribution in [2.24, 2.45) is 0 Å². The molecule has 0 saturated carbocycles. The molecule has 1 amide bonds. The molecule has 4 aromatic rings. The Balaban J connectivity index is 1.32. The Labute approximate surface area is 161 Å². The molecule has 0 saturated heterocycles. The predicted molar refractivity (Wildman–Crippen MR) is 104 cm³/mol. The average molecular weight is 398 g/mol. The summed E-state index contributed by atoms with van der Waals surface area (Å²) in [4.78, 5) is 33.6. The Morgan fingerprint density at radius 3 is 3.00 bits per heavy atom. The van der Waals surface area contributed by atoms with E-state index < -0.39 is 5.91 Å². The topological polar surface area (TPSA) is 105 Å². The third-order valence-electron chi connectivity index (χ3n) is 3.72. The number of carbonyl (C=O) groups excluding carboxylic acids is 1. The van der Waals surface area contributed by atoms with Gasteiger partial charge in [-0.25, -0.2) is 9.97 Å². The Kier molecular flexibility index (Phi) is 4.99. The highest BCUT2D eigenvalue weighted by molar-refractivity contribution is 7.99. The first kappa shape index (κ1) is 17.4. The van der Waals surface area contributed by atoms with Gasteiger partial charge in [0.2, 0.25) is 5.16 Å². The minimum atomic E-state index is -0.436. The first-order chi connectivity index (χ1) is 13.2. The fraction of sp³-hybridized carbons (Fsp3) is 0.118. The molecule has 0 aliphatic heterocycles. The highest BCUT2D eigenvalue weighted by Crippen LogP contribution is 2.18. The molecule has 10 heteroatoms. The van der Waals surface area contributed by atoms with Crippen LogP contribution in [0.4, 0.5) is 0 Å². The van der Waals surface area contributed by atoms with Gasteiger partial charge in [-0.05, 0) is 0 Å². The minimum Gasteiger partial charge on any atom is -0.351 e. The maximum atomic E-state index is 12.3. The lowest BCUT2D eigenvalue weighted by Crippen LogP contribution is -2.32. The number of thiazole rings is 1. The van der Waals surface area contributed by atoms with Crippen LogP contribution in [-0.4, -0.2) is 42.8 Å². The van der Waals surface area contributed by atoms with Crippen LogP contribution < -0.4 is 10.9 Å². The number of fused-ring (bicyclic) bond motifs is 1. The van der Waals surface area contributed by atoms with Crippen molar-refractivity contribution in [2.45, 2.75) is 5.16 Å². The van der Waals surface area contributed by atoms with Gasteiger partial charge in [-0.15, -0.1) is 16.4 Å². The molecule has 0 aliphatic carbocycles. The van der Waals surface area contributed by atoms with Gasteiger partial charge in [-0.1, -0.05) is 42.1 Å². The van der Waals surface area contributed by atoms with Gasteiger partial charge >= 0.3 is 0 Å².